The molecule has 2 aromatic rings. The number of hydrogen-bond donors (Lipinski definition) is 2. The highest BCUT2D eigenvalue weighted by atomic mass is 32.1. The van der Waals surface area contributed by atoms with E-state index in [1.165, 1.54) is 22.7 Å². The van der Waals surface area contributed by atoms with Crippen LogP contribution in [0.5, 0.6) is 0 Å². The second-order valence-electron chi connectivity index (χ2n) is 3.32. The second kappa shape index (κ2) is 5.85. The van der Waals surface area contributed by atoms with E-state index in [-0.39, 0.29) is 5.91 Å². The van der Waals surface area contributed by atoms with Gasteiger partial charge in [-0.1, -0.05) is 17.4 Å². The highest BCUT2D eigenvalue weighted by Crippen LogP contribution is 2.18. The van der Waals surface area contributed by atoms with Crippen LogP contribution >= 0.6 is 22.7 Å². The molecule has 2 rings (SSSR count). The van der Waals surface area contributed by atoms with Crippen LogP contribution in [0.15, 0.2) is 17.5 Å². The number of carbonyl (C=O) groups is 1. The Bertz CT molecular complexity index is 480. The molecule has 0 radical (unpaired) electrons. The lowest BCUT2D eigenvalue weighted by Gasteiger charge is -1.96. The third-order valence-corrected chi connectivity index (χ3v) is 3.79. The minimum Gasteiger partial charge on any atom is -0.330 e. The largest absolute Gasteiger partial charge is 0.330 e. The van der Waals surface area contributed by atoms with Gasteiger partial charge in [0, 0.05) is 6.42 Å². The Kier molecular flexibility index (Phi) is 4.18. The number of rotatable bonds is 5. The number of aromatic nitrogens is 2. The fraction of sp³-hybridized carbons (Fsp3) is 0.300. The van der Waals surface area contributed by atoms with E-state index in [0.717, 1.165) is 17.8 Å². The molecule has 0 bridgehead atoms. The minimum atomic E-state index is -0.137. The summed E-state index contributed by atoms with van der Waals surface area (Å²) in [6.45, 7) is 0.635. The van der Waals surface area contributed by atoms with E-state index >= 15 is 0 Å². The van der Waals surface area contributed by atoms with E-state index in [2.05, 4.69) is 15.5 Å². The third-order valence-electron chi connectivity index (χ3n) is 2.03. The first-order chi connectivity index (χ1) is 8.29. The Morgan fingerprint density at radius 2 is 2.35 bits per heavy atom. The van der Waals surface area contributed by atoms with E-state index in [1.54, 1.807) is 6.07 Å². The van der Waals surface area contributed by atoms with Crippen molar-refractivity contribution in [2.24, 2.45) is 5.73 Å². The number of nitrogens with one attached hydrogen (secondary N) is 1. The summed E-state index contributed by atoms with van der Waals surface area (Å²) in [5, 5.41) is 13.9. The van der Waals surface area contributed by atoms with Crippen molar-refractivity contribution >= 4 is 33.7 Å². The first-order valence-electron chi connectivity index (χ1n) is 5.17. The smallest absolute Gasteiger partial charge is 0.267 e. The van der Waals surface area contributed by atoms with Gasteiger partial charge in [0.25, 0.3) is 5.91 Å². The van der Waals surface area contributed by atoms with Gasteiger partial charge >= 0.3 is 0 Å². The Labute approximate surface area is 107 Å². The van der Waals surface area contributed by atoms with Crippen LogP contribution in [0, 0.1) is 0 Å². The molecule has 5 nitrogen and oxygen atoms in total. The summed E-state index contributed by atoms with van der Waals surface area (Å²) < 4.78 is 0. The standard InChI is InChI=1S/C10H12N4OS2/c11-5-1-4-8-13-14-10(17-8)12-9(15)7-3-2-6-16-7/h2-3,6H,1,4-5,11H2,(H,12,14,15). The van der Waals surface area contributed by atoms with Crippen molar-refractivity contribution in [1.29, 1.82) is 0 Å². The van der Waals surface area contributed by atoms with E-state index in [4.69, 9.17) is 5.73 Å². The molecule has 3 N–H and O–H groups in total. The lowest BCUT2D eigenvalue weighted by molar-refractivity contribution is 0.103. The van der Waals surface area contributed by atoms with Crippen LogP contribution < -0.4 is 11.1 Å². The van der Waals surface area contributed by atoms with E-state index in [1.807, 2.05) is 11.4 Å². The summed E-state index contributed by atoms with van der Waals surface area (Å²) in [4.78, 5) is 12.4. The molecule has 0 aliphatic rings. The average Bonchev–Trinajstić information content (AvgIpc) is 2.97. The number of hydrogen-bond acceptors (Lipinski definition) is 6. The van der Waals surface area contributed by atoms with E-state index in [9.17, 15) is 4.79 Å². The fourth-order valence-electron chi connectivity index (χ4n) is 1.22. The van der Waals surface area contributed by atoms with Crippen LogP contribution in [-0.4, -0.2) is 22.6 Å². The molecule has 0 spiro atoms. The molecule has 0 fully saturated rings. The predicted octanol–water partition coefficient (Wildman–Crippen LogP) is 1.74. The zero-order valence-corrected chi connectivity index (χ0v) is 10.7. The number of amides is 1. The zero-order chi connectivity index (χ0) is 12.1. The first kappa shape index (κ1) is 12.2. The molecule has 2 aromatic heterocycles. The molecule has 0 saturated heterocycles. The summed E-state index contributed by atoms with van der Waals surface area (Å²) in [7, 11) is 0. The normalized spacial score (nSPS) is 10.4. The molecule has 0 unspecified atom stereocenters. The van der Waals surface area contributed by atoms with E-state index < -0.39 is 0 Å². The molecular formula is C10H12N4OS2. The number of nitrogens with zero attached hydrogens (tertiary/aromatic N) is 2. The van der Waals surface area contributed by atoms with Crippen molar-refractivity contribution in [1.82, 2.24) is 10.2 Å². The number of thiophene rings is 1. The number of nitrogens with two attached hydrogens (primary N) is 1. The van der Waals surface area contributed by atoms with Gasteiger partial charge < -0.3 is 5.73 Å². The molecule has 1 amide bonds. The average molecular weight is 268 g/mol. The Hall–Kier alpha value is -1.31. The number of carbonyl (C=O) groups excluding carboxylic acids is 1. The van der Waals surface area contributed by atoms with Crippen molar-refractivity contribution < 1.29 is 4.79 Å². The van der Waals surface area contributed by atoms with Crippen LogP contribution in [-0.2, 0) is 6.42 Å². The third kappa shape index (κ3) is 3.32. The number of anilines is 1. The minimum absolute atomic E-state index is 0.137. The van der Waals surface area contributed by atoms with Gasteiger partial charge in [-0.15, -0.1) is 21.5 Å². The Morgan fingerprint density at radius 1 is 1.47 bits per heavy atom. The molecule has 17 heavy (non-hydrogen) atoms. The number of aryl methyl sites for hydroxylation is 1. The van der Waals surface area contributed by atoms with Crippen molar-refractivity contribution in [3.63, 3.8) is 0 Å². The molecule has 0 aromatic carbocycles. The quantitative estimate of drug-likeness (QED) is 0.865. The monoisotopic (exact) mass is 268 g/mol. The maximum Gasteiger partial charge on any atom is 0.267 e. The van der Waals surface area contributed by atoms with Gasteiger partial charge in [-0.05, 0) is 24.4 Å². The van der Waals surface area contributed by atoms with Crippen molar-refractivity contribution in [2.75, 3.05) is 11.9 Å². The summed E-state index contributed by atoms with van der Waals surface area (Å²) in [5.41, 5.74) is 5.42. The molecule has 90 valence electrons. The maximum atomic E-state index is 11.7. The molecular weight excluding hydrogens is 256 g/mol. The summed E-state index contributed by atoms with van der Waals surface area (Å²) in [6, 6.07) is 3.61. The van der Waals surface area contributed by atoms with Gasteiger partial charge in [0.05, 0.1) is 4.88 Å². The van der Waals surface area contributed by atoms with Gasteiger partial charge in [-0.3, -0.25) is 10.1 Å². The topological polar surface area (TPSA) is 80.9 Å². The summed E-state index contributed by atoms with van der Waals surface area (Å²) >= 11 is 2.79. The lowest BCUT2D eigenvalue weighted by Crippen LogP contribution is -2.09. The highest BCUT2D eigenvalue weighted by molar-refractivity contribution is 7.15. The van der Waals surface area contributed by atoms with Crippen molar-refractivity contribution in [3.05, 3.63) is 27.4 Å². The second-order valence-corrected chi connectivity index (χ2v) is 5.33. The fourth-order valence-corrected chi connectivity index (χ4v) is 2.62. The maximum absolute atomic E-state index is 11.7. The van der Waals surface area contributed by atoms with Crippen LogP contribution in [0.4, 0.5) is 5.13 Å². The predicted molar refractivity (Wildman–Crippen MR) is 69.6 cm³/mol. The summed E-state index contributed by atoms with van der Waals surface area (Å²) in [6.07, 6.45) is 1.69. The van der Waals surface area contributed by atoms with Gasteiger partial charge in [-0.25, -0.2) is 0 Å². The van der Waals surface area contributed by atoms with Crippen LogP contribution in [0.1, 0.15) is 21.1 Å². The highest BCUT2D eigenvalue weighted by Gasteiger charge is 2.10. The van der Waals surface area contributed by atoms with Crippen LogP contribution in [0.25, 0.3) is 0 Å². The van der Waals surface area contributed by atoms with Crippen molar-refractivity contribution in [3.8, 4) is 0 Å². The molecule has 2 heterocycles. The van der Waals surface area contributed by atoms with Crippen molar-refractivity contribution in [2.45, 2.75) is 12.8 Å². The lowest BCUT2D eigenvalue weighted by atomic mass is 10.3. The van der Waals surface area contributed by atoms with Gasteiger partial charge in [-0.2, -0.15) is 0 Å². The molecule has 7 heteroatoms. The summed E-state index contributed by atoms with van der Waals surface area (Å²) in [5.74, 6) is -0.137. The Morgan fingerprint density at radius 3 is 3.06 bits per heavy atom. The van der Waals surface area contributed by atoms with E-state index in [0.29, 0.717) is 16.6 Å². The Balaban J connectivity index is 1.95. The first-order valence-corrected chi connectivity index (χ1v) is 6.86. The van der Waals surface area contributed by atoms with Gasteiger partial charge in [0.1, 0.15) is 5.01 Å². The molecule has 0 aliphatic carbocycles. The van der Waals surface area contributed by atoms with Gasteiger partial charge in [0.2, 0.25) is 5.13 Å². The van der Waals surface area contributed by atoms with Gasteiger partial charge in [0.15, 0.2) is 0 Å². The molecule has 0 aliphatic heterocycles. The molecule has 0 atom stereocenters. The van der Waals surface area contributed by atoms with Crippen LogP contribution in [0.3, 0.4) is 0 Å². The van der Waals surface area contributed by atoms with Crippen LogP contribution in [0.2, 0.25) is 0 Å². The molecule has 0 saturated carbocycles. The SMILES string of the molecule is NCCCc1nnc(NC(=O)c2cccs2)s1. The zero-order valence-electron chi connectivity index (χ0n) is 9.05.